The highest BCUT2D eigenvalue weighted by Gasteiger charge is 2.18. The molecule has 0 N–H and O–H groups in total. The highest BCUT2D eigenvalue weighted by molar-refractivity contribution is 7.26. The number of rotatable bonds is 4. The fourth-order valence-corrected chi connectivity index (χ4v) is 7.23. The Balaban J connectivity index is 1.27. The van der Waals surface area contributed by atoms with Gasteiger partial charge in [-0.1, -0.05) is 115 Å². The molecule has 0 saturated heterocycles. The van der Waals surface area contributed by atoms with Crippen LogP contribution < -0.4 is 0 Å². The maximum atomic E-state index is 8.63. The lowest BCUT2D eigenvalue weighted by atomic mass is 10.1. The van der Waals surface area contributed by atoms with Crippen LogP contribution in [0.15, 0.2) is 145 Å². The largest absolute Gasteiger partial charge is 0.309 e. The monoisotopic (exact) mass is 585 g/mol. The predicted octanol–water partition coefficient (Wildman–Crippen LogP) is 10.3. The quantitative estimate of drug-likeness (QED) is 0.206. The molecule has 6 aromatic carbocycles. The van der Waals surface area contributed by atoms with Gasteiger partial charge in [-0.05, 0) is 30.3 Å². The second kappa shape index (κ2) is 9.97. The van der Waals surface area contributed by atoms with Crippen LogP contribution in [0.4, 0.5) is 0 Å². The number of benzene rings is 6. The second-order valence-corrected chi connectivity index (χ2v) is 11.6. The number of hydrogen-bond donors (Lipinski definition) is 0. The molecule has 44 heavy (non-hydrogen) atoms. The maximum Gasteiger partial charge on any atom is 0.165 e. The smallest absolute Gasteiger partial charge is 0.165 e. The van der Waals surface area contributed by atoms with Crippen LogP contribution in [0.3, 0.4) is 0 Å². The van der Waals surface area contributed by atoms with Crippen molar-refractivity contribution in [3.63, 3.8) is 0 Å². The van der Waals surface area contributed by atoms with E-state index in [1.54, 1.807) is 11.3 Å². The fourth-order valence-electron chi connectivity index (χ4n) is 5.99. The summed E-state index contributed by atoms with van der Waals surface area (Å²) in [6, 6.07) is 36.8. The topological polar surface area (TPSA) is 43.6 Å². The van der Waals surface area contributed by atoms with E-state index in [9.17, 15) is 0 Å². The van der Waals surface area contributed by atoms with Crippen molar-refractivity contribution in [2.45, 2.75) is 0 Å². The van der Waals surface area contributed by atoms with Gasteiger partial charge in [0.15, 0.2) is 17.5 Å². The van der Waals surface area contributed by atoms with Gasteiger partial charge in [0.2, 0.25) is 0 Å². The molecule has 0 atom stereocenters. The zero-order chi connectivity index (χ0) is 33.4. The molecule has 0 radical (unpaired) electrons. The minimum Gasteiger partial charge on any atom is -0.309 e. The predicted molar refractivity (Wildman–Crippen MR) is 183 cm³/mol. The molecule has 0 fully saturated rings. The first-order chi connectivity index (χ1) is 23.9. The molecule has 0 aliphatic heterocycles. The molecular formula is C39H24N4S. The summed E-state index contributed by atoms with van der Waals surface area (Å²) in [5.41, 5.74) is 4.77. The summed E-state index contributed by atoms with van der Waals surface area (Å²) in [5, 5.41) is 4.57. The summed E-state index contributed by atoms with van der Waals surface area (Å²) in [6.45, 7) is 0. The van der Waals surface area contributed by atoms with Gasteiger partial charge in [-0.15, -0.1) is 11.3 Å². The van der Waals surface area contributed by atoms with Gasteiger partial charge in [0.25, 0.3) is 0 Å². The molecule has 9 aromatic rings. The van der Waals surface area contributed by atoms with Gasteiger partial charge in [0.1, 0.15) is 0 Å². The van der Waals surface area contributed by atoms with Crippen LogP contribution in [0.1, 0.15) is 6.85 Å². The number of thiophene rings is 1. The van der Waals surface area contributed by atoms with E-state index < -0.39 is 18.1 Å². The van der Waals surface area contributed by atoms with Crippen molar-refractivity contribution in [3.8, 4) is 39.9 Å². The van der Waals surface area contributed by atoms with E-state index in [4.69, 9.17) is 16.8 Å². The number of nitrogens with zero attached hydrogens (tertiary/aromatic N) is 4. The normalized spacial score (nSPS) is 13.2. The van der Waals surface area contributed by atoms with Crippen LogP contribution >= 0.6 is 11.3 Å². The van der Waals surface area contributed by atoms with Gasteiger partial charge in [0.05, 0.1) is 17.9 Å². The Morgan fingerprint density at radius 3 is 1.91 bits per heavy atom. The number of aromatic nitrogens is 4. The molecule has 0 bridgehead atoms. The lowest BCUT2D eigenvalue weighted by Gasteiger charge is -2.09. The van der Waals surface area contributed by atoms with E-state index >= 15 is 0 Å². The van der Waals surface area contributed by atoms with Crippen molar-refractivity contribution >= 4 is 53.3 Å². The Labute approximate surface area is 264 Å². The number of hydrogen-bond acceptors (Lipinski definition) is 4. The van der Waals surface area contributed by atoms with Crippen LogP contribution in [-0.4, -0.2) is 19.5 Å². The molecule has 0 amide bonds. The Hall–Kier alpha value is -5.65. The zero-order valence-electron chi connectivity index (χ0n) is 28.2. The van der Waals surface area contributed by atoms with Crippen LogP contribution in [0.2, 0.25) is 0 Å². The van der Waals surface area contributed by atoms with Crippen molar-refractivity contribution in [2.24, 2.45) is 0 Å². The van der Waals surface area contributed by atoms with Crippen LogP contribution in [0.5, 0.6) is 0 Å². The molecular weight excluding hydrogens is 557 g/mol. The second-order valence-electron chi connectivity index (χ2n) is 10.5. The molecule has 0 saturated carbocycles. The van der Waals surface area contributed by atoms with Gasteiger partial charge in [-0.3, -0.25) is 0 Å². The van der Waals surface area contributed by atoms with Gasteiger partial charge in [-0.2, -0.15) is 0 Å². The van der Waals surface area contributed by atoms with Crippen LogP contribution in [-0.2, 0) is 0 Å². The van der Waals surface area contributed by atoms with Crippen molar-refractivity contribution in [3.05, 3.63) is 145 Å². The first-order valence-corrected chi connectivity index (χ1v) is 15.0. The summed E-state index contributed by atoms with van der Waals surface area (Å²) in [5.74, 6) is 0.724. The van der Waals surface area contributed by atoms with E-state index in [1.807, 2.05) is 42.5 Å². The molecule has 3 heterocycles. The number of para-hydroxylation sites is 2. The van der Waals surface area contributed by atoms with E-state index in [2.05, 4.69) is 82.3 Å². The third-order valence-corrected chi connectivity index (χ3v) is 9.15. The van der Waals surface area contributed by atoms with E-state index in [-0.39, 0.29) is 23.5 Å². The van der Waals surface area contributed by atoms with Crippen molar-refractivity contribution in [1.29, 1.82) is 0 Å². The SMILES string of the molecule is [2H]c1c([2H])c([2H])c(-c2nc(-c3ccccc3)nc(-c3cccc4c3sc3cc(-n5c6ccccc6c6ccccc65)ccc34)n2)c([2H])c1[2H]. The van der Waals surface area contributed by atoms with E-state index in [1.165, 1.54) is 10.8 Å². The zero-order valence-corrected chi connectivity index (χ0v) is 24.0. The van der Waals surface area contributed by atoms with Gasteiger partial charge < -0.3 is 4.57 Å². The molecule has 4 nitrogen and oxygen atoms in total. The summed E-state index contributed by atoms with van der Waals surface area (Å²) in [7, 11) is 0. The Bertz CT molecular complexity index is 2710. The minimum atomic E-state index is -0.466. The Morgan fingerprint density at radius 2 is 1.16 bits per heavy atom. The molecule has 0 aliphatic rings. The molecule has 0 spiro atoms. The molecule has 0 unspecified atom stereocenters. The lowest BCUT2D eigenvalue weighted by molar-refractivity contribution is 1.08. The highest BCUT2D eigenvalue weighted by atomic mass is 32.1. The van der Waals surface area contributed by atoms with Crippen LogP contribution in [0, 0.1) is 0 Å². The first-order valence-electron chi connectivity index (χ1n) is 16.7. The highest BCUT2D eigenvalue weighted by Crippen LogP contribution is 2.41. The summed E-state index contributed by atoms with van der Waals surface area (Å²) >= 11 is 1.65. The van der Waals surface area contributed by atoms with E-state index in [0.29, 0.717) is 11.6 Å². The Kier molecular flexibility index (Phi) is 4.60. The fraction of sp³-hybridized carbons (Fsp3) is 0. The lowest BCUT2D eigenvalue weighted by Crippen LogP contribution is -2.00. The van der Waals surface area contributed by atoms with E-state index in [0.717, 1.165) is 48.0 Å². The van der Waals surface area contributed by atoms with Crippen molar-refractivity contribution < 1.29 is 6.85 Å². The van der Waals surface area contributed by atoms with Gasteiger partial charge >= 0.3 is 0 Å². The first kappa shape index (κ1) is 20.3. The molecule has 9 rings (SSSR count). The minimum absolute atomic E-state index is 0.0209. The molecule has 5 heteroatoms. The summed E-state index contributed by atoms with van der Waals surface area (Å²) < 4.78 is 46.3. The van der Waals surface area contributed by atoms with Crippen molar-refractivity contribution in [2.75, 3.05) is 0 Å². The maximum absolute atomic E-state index is 8.63. The summed E-state index contributed by atoms with van der Waals surface area (Å²) in [6.07, 6.45) is 0. The van der Waals surface area contributed by atoms with Crippen molar-refractivity contribution in [1.82, 2.24) is 19.5 Å². The average molecular weight is 586 g/mol. The summed E-state index contributed by atoms with van der Waals surface area (Å²) in [4.78, 5) is 14.3. The Morgan fingerprint density at radius 1 is 0.523 bits per heavy atom. The number of fused-ring (bicyclic) bond motifs is 6. The van der Waals surface area contributed by atoms with Gasteiger partial charge in [0, 0.05) is 53.3 Å². The third-order valence-electron chi connectivity index (χ3n) is 7.95. The molecule has 0 aliphatic carbocycles. The standard InChI is InChI=1S/C39H24N4S/c1-3-12-25(13-4-1)37-40-38(26-14-5-2-6-15-26)42-39(41-37)32-19-11-18-31-30-23-22-27(24-35(30)44-36(31)32)43-33-20-9-7-16-28(33)29-17-8-10-21-34(29)43/h1-24H/i1D,3D,4D,12D,13D. The average Bonchev–Trinajstić information content (AvgIpc) is 3.69. The van der Waals surface area contributed by atoms with Gasteiger partial charge in [-0.25, -0.2) is 15.0 Å². The van der Waals surface area contributed by atoms with Crippen LogP contribution in [0.25, 0.3) is 81.8 Å². The molecule has 3 aromatic heterocycles. The third kappa shape index (κ3) is 3.94. The molecule has 206 valence electrons.